The molecule has 3 nitrogen and oxygen atoms in total. The Balaban J connectivity index is 1.85. The maximum Gasteiger partial charge on any atom is 0.128 e. The summed E-state index contributed by atoms with van der Waals surface area (Å²) in [6, 6.07) is 14.4. The Hall–Kier alpha value is -1.65. The zero-order chi connectivity index (χ0) is 13.9. The lowest BCUT2D eigenvalue weighted by atomic mass is 10.2. The van der Waals surface area contributed by atoms with Gasteiger partial charge in [-0.2, -0.15) is 0 Å². The van der Waals surface area contributed by atoms with Crippen LogP contribution in [0.15, 0.2) is 47.4 Å². The second kappa shape index (κ2) is 5.77. The van der Waals surface area contributed by atoms with Gasteiger partial charge in [-0.15, -0.1) is 0 Å². The quantitative estimate of drug-likeness (QED) is 0.855. The topological polar surface area (TPSA) is 24.5 Å². The lowest BCUT2D eigenvalue weighted by molar-refractivity contribution is 0.480. The molecule has 1 heterocycles. The third-order valence-electron chi connectivity index (χ3n) is 3.32. The van der Waals surface area contributed by atoms with E-state index in [-0.39, 0.29) is 0 Å². The number of aryl methyl sites for hydroxylation is 1. The van der Waals surface area contributed by atoms with Crippen LogP contribution in [0.2, 0.25) is 0 Å². The van der Waals surface area contributed by atoms with Crippen LogP contribution in [0.5, 0.6) is 11.5 Å². The predicted octanol–water partition coefficient (Wildman–Crippen LogP) is 4.18. The maximum absolute atomic E-state index is 5.93. The van der Waals surface area contributed by atoms with Gasteiger partial charge in [0.25, 0.3) is 0 Å². The van der Waals surface area contributed by atoms with Crippen molar-refractivity contribution in [3.63, 3.8) is 0 Å². The van der Waals surface area contributed by atoms with Gasteiger partial charge in [-0.3, -0.25) is 0 Å². The SMILES string of the molecule is CCN1CNSc2cc(Oc3cccc(C)c3)ccc21. The van der Waals surface area contributed by atoms with Gasteiger partial charge in [0, 0.05) is 11.4 Å². The number of hydrogen-bond acceptors (Lipinski definition) is 4. The molecule has 20 heavy (non-hydrogen) atoms. The number of anilines is 1. The van der Waals surface area contributed by atoms with Gasteiger partial charge in [0.2, 0.25) is 0 Å². The van der Waals surface area contributed by atoms with Gasteiger partial charge in [-0.25, -0.2) is 4.72 Å². The molecule has 0 aromatic heterocycles. The van der Waals surface area contributed by atoms with Crippen molar-refractivity contribution in [1.29, 1.82) is 0 Å². The Morgan fingerprint density at radius 1 is 1.20 bits per heavy atom. The fourth-order valence-electron chi connectivity index (χ4n) is 2.27. The zero-order valence-corrected chi connectivity index (χ0v) is 12.5. The van der Waals surface area contributed by atoms with E-state index >= 15 is 0 Å². The van der Waals surface area contributed by atoms with E-state index in [9.17, 15) is 0 Å². The highest BCUT2D eigenvalue weighted by Gasteiger charge is 2.16. The molecule has 4 heteroatoms. The fourth-order valence-corrected chi connectivity index (χ4v) is 3.12. The molecule has 1 aliphatic rings. The van der Waals surface area contributed by atoms with Crippen LogP contribution in [0.3, 0.4) is 0 Å². The number of ether oxygens (including phenoxy) is 1. The molecule has 3 rings (SSSR count). The molecule has 0 bridgehead atoms. The van der Waals surface area contributed by atoms with Crippen LogP contribution in [0, 0.1) is 6.92 Å². The lowest BCUT2D eigenvalue weighted by Gasteiger charge is -2.30. The molecule has 104 valence electrons. The molecule has 0 fully saturated rings. The first-order valence-electron chi connectivity index (χ1n) is 6.79. The smallest absolute Gasteiger partial charge is 0.128 e. The van der Waals surface area contributed by atoms with Crippen molar-refractivity contribution in [1.82, 2.24) is 4.72 Å². The van der Waals surface area contributed by atoms with Crippen molar-refractivity contribution in [2.45, 2.75) is 18.7 Å². The largest absolute Gasteiger partial charge is 0.457 e. The lowest BCUT2D eigenvalue weighted by Crippen LogP contribution is -2.34. The minimum absolute atomic E-state index is 0.876. The van der Waals surface area contributed by atoms with Crippen molar-refractivity contribution in [3.05, 3.63) is 48.0 Å². The van der Waals surface area contributed by atoms with E-state index in [0.29, 0.717) is 0 Å². The first-order valence-corrected chi connectivity index (χ1v) is 7.61. The van der Waals surface area contributed by atoms with E-state index in [4.69, 9.17) is 4.74 Å². The third kappa shape index (κ3) is 2.76. The van der Waals surface area contributed by atoms with E-state index < -0.39 is 0 Å². The van der Waals surface area contributed by atoms with Gasteiger partial charge in [-0.1, -0.05) is 12.1 Å². The summed E-state index contributed by atoms with van der Waals surface area (Å²) in [4.78, 5) is 3.52. The molecule has 0 aliphatic carbocycles. The van der Waals surface area contributed by atoms with Gasteiger partial charge in [0.1, 0.15) is 11.5 Å². The van der Waals surface area contributed by atoms with Crippen molar-refractivity contribution in [2.75, 3.05) is 18.1 Å². The molecule has 0 atom stereocenters. The number of nitrogens with zero attached hydrogens (tertiary/aromatic N) is 1. The number of benzene rings is 2. The van der Waals surface area contributed by atoms with Crippen LogP contribution in [0.25, 0.3) is 0 Å². The highest BCUT2D eigenvalue weighted by Crippen LogP contribution is 2.36. The average molecular weight is 286 g/mol. The van der Waals surface area contributed by atoms with Crippen molar-refractivity contribution < 1.29 is 4.74 Å². The summed E-state index contributed by atoms with van der Waals surface area (Å²) in [6.07, 6.45) is 0. The summed E-state index contributed by atoms with van der Waals surface area (Å²) in [5.41, 5.74) is 2.47. The first kappa shape index (κ1) is 13.3. The number of fused-ring (bicyclic) bond motifs is 1. The van der Waals surface area contributed by atoms with Crippen LogP contribution in [-0.4, -0.2) is 13.2 Å². The summed E-state index contributed by atoms with van der Waals surface area (Å²) in [6.45, 7) is 6.11. The van der Waals surface area contributed by atoms with E-state index in [1.807, 2.05) is 24.3 Å². The zero-order valence-electron chi connectivity index (χ0n) is 11.7. The minimum Gasteiger partial charge on any atom is -0.457 e. The third-order valence-corrected chi connectivity index (χ3v) is 4.14. The van der Waals surface area contributed by atoms with Crippen molar-refractivity contribution in [3.8, 4) is 11.5 Å². The first-order chi connectivity index (χ1) is 9.76. The van der Waals surface area contributed by atoms with Gasteiger partial charge >= 0.3 is 0 Å². The molecular formula is C16H18N2OS. The summed E-state index contributed by atoms with van der Waals surface area (Å²) >= 11 is 1.66. The van der Waals surface area contributed by atoms with Gasteiger partial charge in [0.05, 0.1) is 12.4 Å². The van der Waals surface area contributed by atoms with Gasteiger partial charge in [-0.05, 0) is 61.7 Å². The molecule has 1 aliphatic heterocycles. The monoisotopic (exact) mass is 286 g/mol. The molecule has 0 saturated carbocycles. The molecule has 0 unspecified atom stereocenters. The summed E-state index contributed by atoms with van der Waals surface area (Å²) in [7, 11) is 0. The van der Waals surface area contributed by atoms with Gasteiger partial charge < -0.3 is 9.64 Å². The van der Waals surface area contributed by atoms with E-state index in [1.54, 1.807) is 11.9 Å². The van der Waals surface area contributed by atoms with Crippen LogP contribution in [0.4, 0.5) is 5.69 Å². The minimum atomic E-state index is 0.876. The Labute approximate surface area is 124 Å². The van der Waals surface area contributed by atoms with Gasteiger partial charge in [0.15, 0.2) is 0 Å². The number of nitrogens with one attached hydrogen (secondary N) is 1. The van der Waals surface area contributed by atoms with Crippen LogP contribution < -0.4 is 14.4 Å². The second-order valence-electron chi connectivity index (χ2n) is 4.81. The standard InChI is InChI=1S/C16H18N2OS/c1-3-18-11-17-20-16-10-14(7-8-15(16)18)19-13-6-4-5-12(2)9-13/h4-10,17H,3,11H2,1-2H3. The molecule has 0 saturated heterocycles. The Morgan fingerprint density at radius 3 is 2.85 bits per heavy atom. The van der Waals surface area contributed by atoms with Crippen LogP contribution in [-0.2, 0) is 0 Å². The summed E-state index contributed by atoms with van der Waals surface area (Å²) in [5.74, 6) is 1.76. The highest BCUT2D eigenvalue weighted by molar-refractivity contribution is 7.97. The van der Waals surface area contributed by atoms with E-state index in [1.165, 1.54) is 16.1 Å². The molecule has 0 radical (unpaired) electrons. The molecule has 1 N–H and O–H groups in total. The van der Waals surface area contributed by atoms with Crippen molar-refractivity contribution in [2.24, 2.45) is 0 Å². The Bertz CT molecular complexity index is 615. The van der Waals surface area contributed by atoms with E-state index in [0.717, 1.165) is 24.7 Å². The molecular weight excluding hydrogens is 268 g/mol. The van der Waals surface area contributed by atoms with Crippen LogP contribution >= 0.6 is 11.9 Å². The molecule has 2 aromatic rings. The second-order valence-corrected chi connectivity index (χ2v) is 5.74. The molecule has 2 aromatic carbocycles. The highest BCUT2D eigenvalue weighted by atomic mass is 32.2. The van der Waals surface area contributed by atoms with Crippen molar-refractivity contribution >= 4 is 17.6 Å². The fraction of sp³-hybridized carbons (Fsp3) is 0.250. The normalized spacial score (nSPS) is 14.0. The number of rotatable bonds is 3. The Kier molecular flexibility index (Phi) is 3.85. The van der Waals surface area contributed by atoms with Crippen LogP contribution in [0.1, 0.15) is 12.5 Å². The Morgan fingerprint density at radius 2 is 2.05 bits per heavy atom. The summed E-state index contributed by atoms with van der Waals surface area (Å²) < 4.78 is 9.26. The number of hydrogen-bond donors (Lipinski definition) is 1. The van der Waals surface area contributed by atoms with E-state index in [2.05, 4.69) is 41.7 Å². The predicted molar refractivity (Wildman–Crippen MR) is 84.6 cm³/mol. The summed E-state index contributed by atoms with van der Waals surface area (Å²) in [5, 5.41) is 0. The average Bonchev–Trinajstić information content (AvgIpc) is 2.46. The maximum atomic E-state index is 5.93. The molecule has 0 amide bonds. The molecule has 0 spiro atoms.